The van der Waals surface area contributed by atoms with Gasteiger partial charge in [-0.3, -0.25) is 0 Å². The summed E-state index contributed by atoms with van der Waals surface area (Å²) < 4.78 is 5.08. The SMILES string of the molecule is CC(=C=O)OC(C)(C)C. The van der Waals surface area contributed by atoms with E-state index in [1.807, 2.05) is 20.8 Å². The predicted molar refractivity (Wildman–Crippen MR) is 35.7 cm³/mol. The Labute approximate surface area is 55.5 Å². The first-order valence-electron chi connectivity index (χ1n) is 2.86. The summed E-state index contributed by atoms with van der Waals surface area (Å²) in [5.74, 6) is 1.97. The molecule has 0 aromatic carbocycles. The molecule has 0 fully saturated rings. The van der Waals surface area contributed by atoms with Gasteiger partial charge in [0.1, 0.15) is 5.60 Å². The second kappa shape index (κ2) is 2.70. The van der Waals surface area contributed by atoms with Crippen molar-refractivity contribution in [2.24, 2.45) is 0 Å². The van der Waals surface area contributed by atoms with Crippen LogP contribution in [0.5, 0.6) is 0 Å². The molecule has 0 bridgehead atoms. The van der Waals surface area contributed by atoms with Crippen molar-refractivity contribution in [3.05, 3.63) is 5.76 Å². The van der Waals surface area contributed by atoms with Gasteiger partial charge in [0.2, 0.25) is 0 Å². The second-order valence-corrected chi connectivity index (χ2v) is 2.87. The second-order valence-electron chi connectivity index (χ2n) is 2.87. The van der Waals surface area contributed by atoms with E-state index in [-0.39, 0.29) is 5.60 Å². The highest BCUT2D eigenvalue weighted by Crippen LogP contribution is 2.10. The van der Waals surface area contributed by atoms with Crippen LogP contribution in [-0.2, 0) is 9.53 Å². The number of allylic oxidation sites excluding steroid dienone is 1. The molecule has 2 heteroatoms. The monoisotopic (exact) mass is 128 g/mol. The van der Waals surface area contributed by atoms with Crippen LogP contribution < -0.4 is 0 Å². The number of rotatable bonds is 1. The van der Waals surface area contributed by atoms with Crippen LogP contribution in [-0.4, -0.2) is 11.5 Å². The van der Waals surface area contributed by atoms with Gasteiger partial charge in [0.15, 0.2) is 11.7 Å². The minimum atomic E-state index is -0.276. The van der Waals surface area contributed by atoms with Gasteiger partial charge in [0.25, 0.3) is 0 Å². The lowest BCUT2D eigenvalue weighted by Crippen LogP contribution is -2.17. The van der Waals surface area contributed by atoms with Gasteiger partial charge >= 0.3 is 0 Å². The summed E-state index contributed by atoms with van der Waals surface area (Å²) in [6.07, 6.45) is 0. The molecule has 0 aromatic heterocycles. The molecule has 0 N–H and O–H groups in total. The molecule has 0 spiro atoms. The van der Waals surface area contributed by atoms with Crippen LogP contribution in [0.1, 0.15) is 27.7 Å². The lowest BCUT2D eigenvalue weighted by Gasteiger charge is -2.19. The zero-order chi connectivity index (χ0) is 7.49. The summed E-state index contributed by atoms with van der Waals surface area (Å²) in [6.45, 7) is 7.24. The van der Waals surface area contributed by atoms with E-state index >= 15 is 0 Å². The predicted octanol–water partition coefficient (Wildman–Crippen LogP) is 1.54. The van der Waals surface area contributed by atoms with E-state index in [0.29, 0.717) is 5.76 Å². The molecule has 0 aliphatic heterocycles. The van der Waals surface area contributed by atoms with Gasteiger partial charge in [0, 0.05) is 6.92 Å². The maximum Gasteiger partial charge on any atom is 0.177 e. The van der Waals surface area contributed by atoms with Crippen LogP contribution >= 0.6 is 0 Å². The highest BCUT2D eigenvalue weighted by molar-refractivity contribution is 5.48. The molecular formula is C7H12O2. The zero-order valence-corrected chi connectivity index (χ0v) is 6.32. The van der Waals surface area contributed by atoms with Crippen molar-refractivity contribution >= 4 is 5.94 Å². The van der Waals surface area contributed by atoms with Gasteiger partial charge in [-0.05, 0) is 20.8 Å². The number of hydrogen-bond acceptors (Lipinski definition) is 2. The van der Waals surface area contributed by atoms with Crippen molar-refractivity contribution < 1.29 is 9.53 Å². The minimum absolute atomic E-state index is 0.276. The Kier molecular flexibility index (Phi) is 2.47. The van der Waals surface area contributed by atoms with E-state index in [1.54, 1.807) is 12.9 Å². The lowest BCUT2D eigenvalue weighted by atomic mass is 10.2. The fraction of sp³-hybridized carbons (Fsp3) is 0.714. The first-order chi connectivity index (χ1) is 3.95. The van der Waals surface area contributed by atoms with Crippen LogP contribution in [0.3, 0.4) is 0 Å². The average molecular weight is 128 g/mol. The van der Waals surface area contributed by atoms with Crippen molar-refractivity contribution in [3.8, 4) is 0 Å². The zero-order valence-electron chi connectivity index (χ0n) is 6.32. The third kappa shape index (κ3) is 5.12. The largest absolute Gasteiger partial charge is 0.481 e. The smallest absolute Gasteiger partial charge is 0.177 e. The lowest BCUT2D eigenvalue weighted by molar-refractivity contribution is 0.0559. The van der Waals surface area contributed by atoms with Crippen molar-refractivity contribution in [2.45, 2.75) is 33.3 Å². The molecule has 0 rings (SSSR count). The van der Waals surface area contributed by atoms with E-state index in [4.69, 9.17) is 4.74 Å². The molecule has 2 nitrogen and oxygen atoms in total. The molecular weight excluding hydrogens is 116 g/mol. The molecule has 0 aliphatic carbocycles. The highest BCUT2D eigenvalue weighted by Gasteiger charge is 2.10. The fourth-order valence-electron chi connectivity index (χ4n) is 0.480. The van der Waals surface area contributed by atoms with Crippen molar-refractivity contribution in [2.75, 3.05) is 0 Å². The van der Waals surface area contributed by atoms with E-state index in [0.717, 1.165) is 0 Å². The van der Waals surface area contributed by atoms with Crippen molar-refractivity contribution in [1.29, 1.82) is 0 Å². The van der Waals surface area contributed by atoms with Crippen LogP contribution in [0.25, 0.3) is 0 Å². The Bertz CT molecular complexity index is 135. The maximum atomic E-state index is 9.90. The molecule has 0 aliphatic rings. The van der Waals surface area contributed by atoms with Crippen LogP contribution in [0, 0.1) is 0 Å². The normalized spacial score (nSPS) is 10.2. The van der Waals surface area contributed by atoms with E-state index < -0.39 is 0 Å². The quantitative estimate of drug-likeness (QED) is 0.395. The molecule has 0 saturated carbocycles. The van der Waals surface area contributed by atoms with E-state index in [2.05, 4.69) is 0 Å². The first kappa shape index (κ1) is 8.25. The summed E-state index contributed by atoms with van der Waals surface area (Å²) >= 11 is 0. The third-order valence-electron chi connectivity index (χ3n) is 0.603. The molecule has 9 heavy (non-hydrogen) atoms. The highest BCUT2D eigenvalue weighted by atomic mass is 16.5. The molecule has 0 saturated heterocycles. The van der Waals surface area contributed by atoms with E-state index in [1.165, 1.54) is 0 Å². The van der Waals surface area contributed by atoms with Crippen molar-refractivity contribution in [3.63, 3.8) is 0 Å². The molecule has 0 heterocycles. The Hall–Kier alpha value is -0.750. The maximum absolute atomic E-state index is 9.90. The van der Waals surface area contributed by atoms with Gasteiger partial charge < -0.3 is 4.74 Å². The van der Waals surface area contributed by atoms with Gasteiger partial charge in [-0.15, -0.1) is 0 Å². The molecule has 0 atom stereocenters. The van der Waals surface area contributed by atoms with Crippen LogP contribution in [0.4, 0.5) is 0 Å². The molecule has 0 aromatic rings. The Morgan fingerprint density at radius 3 is 2.00 bits per heavy atom. The summed E-state index contributed by atoms with van der Waals surface area (Å²) in [4.78, 5) is 9.90. The average Bonchev–Trinajstić information content (AvgIpc) is 1.62. The standard InChI is InChI=1S/C7H12O2/c1-6(5-8)9-7(2,3)4/h1-4H3. The molecule has 0 unspecified atom stereocenters. The molecule has 52 valence electrons. The molecule has 0 radical (unpaired) electrons. The topological polar surface area (TPSA) is 26.3 Å². The number of ether oxygens (including phenoxy) is 1. The van der Waals surface area contributed by atoms with Gasteiger partial charge in [-0.25, -0.2) is 4.79 Å². The fourth-order valence-corrected chi connectivity index (χ4v) is 0.480. The number of carbonyl (C=O) groups excluding carboxylic acids is 1. The van der Waals surface area contributed by atoms with Gasteiger partial charge in [0.05, 0.1) is 0 Å². The minimum Gasteiger partial charge on any atom is -0.481 e. The first-order valence-corrected chi connectivity index (χ1v) is 2.86. The summed E-state index contributed by atoms with van der Waals surface area (Å²) in [7, 11) is 0. The van der Waals surface area contributed by atoms with Crippen molar-refractivity contribution in [1.82, 2.24) is 0 Å². The third-order valence-corrected chi connectivity index (χ3v) is 0.603. The Morgan fingerprint density at radius 2 is 1.89 bits per heavy atom. The Morgan fingerprint density at radius 1 is 1.44 bits per heavy atom. The summed E-state index contributed by atoms with van der Waals surface area (Å²) in [6, 6.07) is 0. The Balaban J connectivity index is 3.89. The van der Waals surface area contributed by atoms with Crippen LogP contribution in [0.2, 0.25) is 0 Å². The van der Waals surface area contributed by atoms with Crippen LogP contribution in [0.15, 0.2) is 5.76 Å². The number of hydrogen-bond donors (Lipinski definition) is 0. The van der Waals surface area contributed by atoms with Gasteiger partial charge in [-0.2, -0.15) is 0 Å². The van der Waals surface area contributed by atoms with E-state index in [9.17, 15) is 4.79 Å². The summed E-state index contributed by atoms with van der Waals surface area (Å²) in [5, 5.41) is 0. The summed E-state index contributed by atoms with van der Waals surface area (Å²) in [5.41, 5.74) is -0.276. The molecule has 0 amide bonds. The van der Waals surface area contributed by atoms with Gasteiger partial charge in [-0.1, -0.05) is 0 Å².